The van der Waals surface area contributed by atoms with E-state index < -0.39 is 0 Å². The maximum absolute atomic E-state index is 11.6. The molecule has 1 saturated heterocycles. The van der Waals surface area contributed by atoms with Crippen LogP contribution in [0, 0.1) is 5.92 Å². The maximum atomic E-state index is 11.6. The van der Waals surface area contributed by atoms with Crippen LogP contribution in [0.5, 0.6) is 0 Å². The number of carbonyl (C=O) groups is 1. The van der Waals surface area contributed by atoms with Gasteiger partial charge in [0.05, 0.1) is 0 Å². The molecule has 1 unspecified atom stereocenters. The van der Waals surface area contributed by atoms with Crippen molar-refractivity contribution in [2.75, 3.05) is 38.6 Å². The molecule has 1 aliphatic rings. The average molecular weight is 247 g/mol. The average Bonchev–Trinajstić information content (AvgIpc) is 2.66. The number of nitrogens with zero attached hydrogens (tertiary/aromatic N) is 2. The van der Waals surface area contributed by atoms with E-state index in [1.807, 2.05) is 4.90 Å². The van der Waals surface area contributed by atoms with Gasteiger partial charge in [0.25, 0.3) is 0 Å². The van der Waals surface area contributed by atoms with E-state index in [4.69, 9.17) is 11.6 Å². The van der Waals surface area contributed by atoms with Gasteiger partial charge in [0.15, 0.2) is 0 Å². The molecule has 1 rings (SSSR count). The van der Waals surface area contributed by atoms with E-state index in [-0.39, 0.29) is 5.91 Å². The van der Waals surface area contributed by atoms with Gasteiger partial charge in [-0.2, -0.15) is 0 Å². The Morgan fingerprint density at radius 2 is 2.12 bits per heavy atom. The lowest BCUT2D eigenvalue weighted by atomic mass is 10.1. The predicted molar refractivity (Wildman–Crippen MR) is 67.8 cm³/mol. The molecule has 0 N–H and O–H groups in total. The molecule has 1 atom stereocenters. The Morgan fingerprint density at radius 1 is 1.44 bits per heavy atom. The molecule has 0 bridgehead atoms. The molecule has 1 amide bonds. The van der Waals surface area contributed by atoms with Gasteiger partial charge < -0.3 is 9.80 Å². The van der Waals surface area contributed by atoms with Gasteiger partial charge in [-0.15, -0.1) is 11.6 Å². The van der Waals surface area contributed by atoms with Crippen molar-refractivity contribution in [3.8, 4) is 0 Å². The summed E-state index contributed by atoms with van der Waals surface area (Å²) in [6.45, 7) is 9.37. The molecule has 1 heterocycles. The number of amides is 1. The van der Waals surface area contributed by atoms with Crippen LogP contribution in [0.1, 0.15) is 26.7 Å². The first-order chi connectivity index (χ1) is 7.71. The van der Waals surface area contributed by atoms with Crippen LogP contribution in [0.4, 0.5) is 0 Å². The largest absolute Gasteiger partial charge is 0.342 e. The number of rotatable bonds is 7. The summed E-state index contributed by atoms with van der Waals surface area (Å²) in [5.41, 5.74) is 0. The molecule has 16 heavy (non-hydrogen) atoms. The van der Waals surface area contributed by atoms with E-state index >= 15 is 0 Å². The summed E-state index contributed by atoms with van der Waals surface area (Å²) in [5.74, 6) is 1.27. The lowest BCUT2D eigenvalue weighted by Crippen LogP contribution is -2.31. The molecule has 1 aliphatic heterocycles. The standard InChI is InChI=1S/C12H23ClN2O/c1-3-14(4-2)6-5-7-15-10-11(9-13)8-12(15)16/h11H,3-10H2,1-2H3. The Balaban J connectivity index is 2.20. The molecule has 0 aliphatic carbocycles. The van der Waals surface area contributed by atoms with Crippen molar-refractivity contribution < 1.29 is 4.79 Å². The van der Waals surface area contributed by atoms with Crippen molar-refractivity contribution in [3.63, 3.8) is 0 Å². The third-order valence-corrected chi connectivity index (χ3v) is 3.75. The Kier molecular flexibility index (Phi) is 6.14. The van der Waals surface area contributed by atoms with Gasteiger partial charge >= 0.3 is 0 Å². The zero-order valence-electron chi connectivity index (χ0n) is 10.4. The van der Waals surface area contributed by atoms with Crippen LogP contribution in [0.25, 0.3) is 0 Å². The quantitative estimate of drug-likeness (QED) is 0.640. The van der Waals surface area contributed by atoms with Crippen LogP contribution in [-0.4, -0.2) is 54.3 Å². The van der Waals surface area contributed by atoms with E-state index in [1.54, 1.807) is 0 Å². The molecule has 0 aromatic rings. The van der Waals surface area contributed by atoms with Gasteiger partial charge in [0, 0.05) is 25.4 Å². The van der Waals surface area contributed by atoms with Gasteiger partial charge in [0.1, 0.15) is 0 Å². The summed E-state index contributed by atoms with van der Waals surface area (Å²) in [4.78, 5) is 16.0. The predicted octanol–water partition coefficient (Wildman–Crippen LogP) is 1.81. The number of halogens is 1. The third-order valence-electron chi connectivity index (χ3n) is 3.31. The Labute approximate surface area is 104 Å². The molecule has 0 spiro atoms. The van der Waals surface area contributed by atoms with Crippen molar-refractivity contribution in [1.29, 1.82) is 0 Å². The van der Waals surface area contributed by atoms with E-state index in [1.165, 1.54) is 0 Å². The molecular formula is C12H23ClN2O. The maximum Gasteiger partial charge on any atom is 0.222 e. The molecule has 0 aromatic heterocycles. The minimum atomic E-state index is 0.283. The monoisotopic (exact) mass is 246 g/mol. The molecule has 3 nitrogen and oxygen atoms in total. The van der Waals surface area contributed by atoms with Crippen LogP contribution in [0.3, 0.4) is 0 Å². The minimum Gasteiger partial charge on any atom is -0.342 e. The summed E-state index contributed by atoms with van der Waals surface area (Å²) < 4.78 is 0. The number of hydrogen-bond acceptors (Lipinski definition) is 2. The van der Waals surface area contributed by atoms with Crippen LogP contribution >= 0.6 is 11.6 Å². The SMILES string of the molecule is CCN(CC)CCCN1CC(CCl)CC1=O. The fraction of sp³-hybridized carbons (Fsp3) is 0.917. The summed E-state index contributed by atoms with van der Waals surface area (Å²) in [7, 11) is 0. The second-order valence-electron chi connectivity index (χ2n) is 4.44. The highest BCUT2D eigenvalue weighted by atomic mass is 35.5. The van der Waals surface area contributed by atoms with Crippen LogP contribution < -0.4 is 0 Å². The van der Waals surface area contributed by atoms with Crippen molar-refractivity contribution in [3.05, 3.63) is 0 Å². The fourth-order valence-corrected chi connectivity index (χ4v) is 2.41. The topological polar surface area (TPSA) is 23.6 Å². The first kappa shape index (κ1) is 13.8. The number of likely N-dealkylation sites (tertiary alicyclic amines) is 1. The Bertz CT molecular complexity index is 219. The molecule has 0 saturated carbocycles. The van der Waals surface area contributed by atoms with Gasteiger partial charge in [-0.05, 0) is 32.0 Å². The minimum absolute atomic E-state index is 0.283. The van der Waals surface area contributed by atoms with Gasteiger partial charge in [-0.25, -0.2) is 0 Å². The van der Waals surface area contributed by atoms with Gasteiger partial charge in [0.2, 0.25) is 5.91 Å². The van der Waals surface area contributed by atoms with E-state index in [9.17, 15) is 4.79 Å². The molecule has 0 aromatic carbocycles. The molecule has 94 valence electrons. The fourth-order valence-electron chi connectivity index (χ4n) is 2.20. The summed E-state index contributed by atoms with van der Waals surface area (Å²) in [5, 5.41) is 0. The van der Waals surface area contributed by atoms with Crippen LogP contribution in [-0.2, 0) is 4.79 Å². The number of carbonyl (C=O) groups excluding carboxylic acids is 1. The highest BCUT2D eigenvalue weighted by Gasteiger charge is 2.28. The van der Waals surface area contributed by atoms with E-state index in [2.05, 4.69) is 18.7 Å². The number of alkyl halides is 1. The molecular weight excluding hydrogens is 224 g/mol. The Morgan fingerprint density at radius 3 is 2.62 bits per heavy atom. The van der Waals surface area contributed by atoms with Crippen LogP contribution in [0.15, 0.2) is 0 Å². The molecule has 0 radical (unpaired) electrons. The smallest absolute Gasteiger partial charge is 0.222 e. The lowest BCUT2D eigenvalue weighted by molar-refractivity contribution is -0.127. The summed E-state index contributed by atoms with van der Waals surface area (Å²) in [6.07, 6.45) is 1.72. The Hall–Kier alpha value is -0.280. The van der Waals surface area contributed by atoms with E-state index in [0.29, 0.717) is 18.2 Å². The highest BCUT2D eigenvalue weighted by molar-refractivity contribution is 6.18. The van der Waals surface area contributed by atoms with E-state index in [0.717, 1.165) is 39.1 Å². The zero-order chi connectivity index (χ0) is 12.0. The second-order valence-corrected chi connectivity index (χ2v) is 4.75. The van der Waals surface area contributed by atoms with Crippen molar-refractivity contribution >= 4 is 17.5 Å². The summed E-state index contributed by atoms with van der Waals surface area (Å²) in [6, 6.07) is 0. The first-order valence-electron chi connectivity index (χ1n) is 6.27. The molecule has 4 heteroatoms. The second kappa shape index (κ2) is 7.13. The first-order valence-corrected chi connectivity index (χ1v) is 6.80. The molecule has 1 fully saturated rings. The number of hydrogen-bond donors (Lipinski definition) is 0. The van der Waals surface area contributed by atoms with Crippen molar-refractivity contribution in [2.45, 2.75) is 26.7 Å². The zero-order valence-corrected chi connectivity index (χ0v) is 11.2. The third kappa shape index (κ3) is 3.95. The lowest BCUT2D eigenvalue weighted by Gasteiger charge is -2.21. The van der Waals surface area contributed by atoms with Crippen molar-refractivity contribution in [2.24, 2.45) is 5.92 Å². The summed E-state index contributed by atoms with van der Waals surface area (Å²) >= 11 is 5.78. The van der Waals surface area contributed by atoms with Gasteiger partial charge in [-0.3, -0.25) is 4.79 Å². The highest BCUT2D eigenvalue weighted by Crippen LogP contribution is 2.18. The normalized spacial score (nSPS) is 21.1. The van der Waals surface area contributed by atoms with Gasteiger partial charge in [-0.1, -0.05) is 13.8 Å². The van der Waals surface area contributed by atoms with Crippen molar-refractivity contribution in [1.82, 2.24) is 9.80 Å². The van der Waals surface area contributed by atoms with Crippen LogP contribution in [0.2, 0.25) is 0 Å².